The number of anilines is 1. The van der Waals surface area contributed by atoms with Gasteiger partial charge in [-0.2, -0.15) is 0 Å². The number of nitrogens with zero attached hydrogens (tertiary/aromatic N) is 8. The van der Waals surface area contributed by atoms with Crippen LogP contribution < -0.4 is 10.2 Å². The largest absolute Gasteiger partial charge is 0.378 e. The monoisotopic (exact) mass is 590 g/mol. The average Bonchev–Trinajstić information content (AvgIpc) is 3.74. The Hall–Kier alpha value is -4.94. The van der Waals surface area contributed by atoms with Gasteiger partial charge in [-0.05, 0) is 66.9 Å². The summed E-state index contributed by atoms with van der Waals surface area (Å²) in [6.45, 7) is 9.17. The van der Waals surface area contributed by atoms with Crippen molar-refractivity contribution in [3.8, 4) is 28.3 Å². The fourth-order valence-electron chi connectivity index (χ4n) is 5.96. The van der Waals surface area contributed by atoms with Crippen LogP contribution in [0.1, 0.15) is 18.4 Å². The molecule has 0 radical (unpaired) electrons. The molecule has 0 saturated carbocycles. The fraction of sp³-hybridized carbons (Fsp3) is 0.312. The van der Waals surface area contributed by atoms with Gasteiger partial charge in [0.1, 0.15) is 23.5 Å². The molecule has 224 valence electrons. The summed E-state index contributed by atoms with van der Waals surface area (Å²) >= 11 is 0. The topological polar surface area (TPSA) is 130 Å². The van der Waals surface area contributed by atoms with Gasteiger partial charge in [0.2, 0.25) is 5.91 Å². The van der Waals surface area contributed by atoms with E-state index in [2.05, 4.69) is 76.2 Å². The SMILES string of the molecule is C=CC(=O)N[C@@H]1CCCN(Cc2ccnc(-c3cn(-c4ccc(-c5cc6c(N7CCOCC7)ncnc6[nH]5)cc4)nn3)c2)C1. The highest BCUT2D eigenvalue weighted by atomic mass is 16.5. The molecule has 44 heavy (non-hydrogen) atoms. The molecule has 12 nitrogen and oxygen atoms in total. The molecule has 2 saturated heterocycles. The molecule has 2 aliphatic rings. The number of piperidine rings is 1. The lowest BCUT2D eigenvalue weighted by Gasteiger charge is -2.33. The number of nitrogens with one attached hydrogen (secondary N) is 2. The molecular formula is C32H34N10O2. The Labute approximate surface area is 254 Å². The van der Waals surface area contributed by atoms with Crippen LogP contribution in [-0.4, -0.2) is 91.2 Å². The smallest absolute Gasteiger partial charge is 0.243 e. The minimum absolute atomic E-state index is 0.119. The Bertz CT molecular complexity index is 1770. The number of aromatic nitrogens is 7. The summed E-state index contributed by atoms with van der Waals surface area (Å²) in [5.41, 5.74) is 6.35. The van der Waals surface area contributed by atoms with Crippen LogP contribution in [0.25, 0.3) is 39.4 Å². The van der Waals surface area contributed by atoms with Crippen LogP contribution >= 0.6 is 0 Å². The Morgan fingerprint density at radius 1 is 1.07 bits per heavy atom. The fourth-order valence-corrected chi connectivity index (χ4v) is 5.96. The van der Waals surface area contributed by atoms with E-state index in [1.807, 2.05) is 30.6 Å². The summed E-state index contributed by atoms with van der Waals surface area (Å²) in [6, 6.07) is 14.5. The average molecular weight is 591 g/mol. The molecule has 0 spiro atoms. The van der Waals surface area contributed by atoms with Crippen LogP contribution in [0.4, 0.5) is 5.82 Å². The molecule has 2 fully saturated rings. The highest BCUT2D eigenvalue weighted by Crippen LogP contribution is 2.30. The number of amides is 1. The maximum Gasteiger partial charge on any atom is 0.243 e. The third kappa shape index (κ3) is 5.94. The zero-order valence-electron chi connectivity index (χ0n) is 24.4. The molecular weight excluding hydrogens is 556 g/mol. The number of hydrogen-bond acceptors (Lipinski definition) is 9. The van der Waals surface area contributed by atoms with Crippen molar-refractivity contribution >= 4 is 22.8 Å². The van der Waals surface area contributed by atoms with Gasteiger partial charge in [-0.1, -0.05) is 23.9 Å². The Morgan fingerprint density at radius 3 is 2.77 bits per heavy atom. The van der Waals surface area contributed by atoms with Crippen molar-refractivity contribution in [3.63, 3.8) is 0 Å². The number of rotatable bonds is 8. The summed E-state index contributed by atoms with van der Waals surface area (Å²) in [6.07, 6.45) is 8.67. The second-order valence-corrected chi connectivity index (χ2v) is 11.2. The molecule has 2 aliphatic heterocycles. The molecule has 4 aromatic heterocycles. The summed E-state index contributed by atoms with van der Waals surface area (Å²) < 4.78 is 7.27. The molecule has 1 atom stereocenters. The van der Waals surface area contributed by atoms with E-state index in [0.29, 0.717) is 18.9 Å². The molecule has 0 bridgehead atoms. The first-order valence-corrected chi connectivity index (χ1v) is 14.9. The highest BCUT2D eigenvalue weighted by Gasteiger charge is 2.21. The number of morpholine rings is 1. The number of aromatic amines is 1. The highest BCUT2D eigenvalue weighted by molar-refractivity contribution is 5.92. The van der Waals surface area contributed by atoms with Crippen LogP contribution in [0.5, 0.6) is 0 Å². The van der Waals surface area contributed by atoms with Crippen molar-refractivity contribution in [3.05, 3.63) is 79.4 Å². The van der Waals surface area contributed by atoms with E-state index in [0.717, 1.165) is 90.6 Å². The lowest BCUT2D eigenvalue weighted by Crippen LogP contribution is -2.46. The van der Waals surface area contributed by atoms with Gasteiger partial charge in [0.15, 0.2) is 0 Å². The summed E-state index contributed by atoms with van der Waals surface area (Å²) in [5.74, 6) is 0.814. The van der Waals surface area contributed by atoms with Crippen molar-refractivity contribution in [2.24, 2.45) is 0 Å². The normalized spacial score (nSPS) is 17.5. The molecule has 0 aliphatic carbocycles. The standard InChI is InChI=1S/C32H34N10O2/c1-2-30(43)36-24-4-3-11-40(19-24)18-22-9-10-33-28(16-22)29-20-42(39-38-29)25-7-5-23(6-8-25)27-17-26-31(37-27)34-21-35-32(26)41-12-14-44-15-13-41/h2,5-10,16-17,20-21,24H,1,3-4,11-15,18-19H2,(H,36,43)(H,34,35,37)/t24-/m1/s1. The first-order chi connectivity index (χ1) is 21.6. The number of H-pyrrole nitrogens is 1. The zero-order chi connectivity index (χ0) is 29.9. The molecule has 2 N–H and O–H groups in total. The van der Waals surface area contributed by atoms with E-state index in [-0.39, 0.29) is 11.9 Å². The third-order valence-electron chi connectivity index (χ3n) is 8.18. The van der Waals surface area contributed by atoms with Crippen LogP contribution in [0.15, 0.2) is 73.8 Å². The number of hydrogen-bond donors (Lipinski definition) is 2. The Morgan fingerprint density at radius 2 is 1.93 bits per heavy atom. The van der Waals surface area contributed by atoms with Crippen LogP contribution in [0, 0.1) is 0 Å². The van der Waals surface area contributed by atoms with E-state index in [1.165, 1.54) is 6.08 Å². The van der Waals surface area contributed by atoms with Gasteiger partial charge in [0.25, 0.3) is 0 Å². The maximum atomic E-state index is 11.7. The second-order valence-electron chi connectivity index (χ2n) is 11.2. The van der Waals surface area contributed by atoms with Gasteiger partial charge in [-0.25, -0.2) is 14.6 Å². The first kappa shape index (κ1) is 27.9. The van der Waals surface area contributed by atoms with Crippen LogP contribution in [0.3, 0.4) is 0 Å². The lowest BCUT2D eigenvalue weighted by atomic mass is 10.0. The number of pyridine rings is 1. The third-order valence-corrected chi connectivity index (χ3v) is 8.18. The molecule has 12 heteroatoms. The van der Waals surface area contributed by atoms with E-state index in [9.17, 15) is 4.79 Å². The van der Waals surface area contributed by atoms with Crippen molar-refractivity contribution in [2.75, 3.05) is 44.3 Å². The first-order valence-electron chi connectivity index (χ1n) is 14.9. The van der Waals surface area contributed by atoms with Crippen molar-refractivity contribution < 1.29 is 9.53 Å². The minimum atomic E-state index is -0.119. The van der Waals surface area contributed by atoms with Gasteiger partial charge in [-0.3, -0.25) is 14.7 Å². The predicted molar refractivity (Wildman–Crippen MR) is 167 cm³/mol. The van der Waals surface area contributed by atoms with Gasteiger partial charge < -0.3 is 19.9 Å². The number of carbonyl (C=O) groups excluding carboxylic acids is 1. The van der Waals surface area contributed by atoms with E-state index in [1.54, 1.807) is 11.0 Å². The second kappa shape index (κ2) is 12.3. The van der Waals surface area contributed by atoms with E-state index >= 15 is 0 Å². The van der Waals surface area contributed by atoms with Gasteiger partial charge in [0, 0.05) is 44.1 Å². The summed E-state index contributed by atoms with van der Waals surface area (Å²) in [4.78, 5) is 33.4. The van der Waals surface area contributed by atoms with Crippen molar-refractivity contribution in [2.45, 2.75) is 25.4 Å². The number of carbonyl (C=O) groups is 1. The molecule has 5 aromatic rings. The van der Waals surface area contributed by atoms with Crippen molar-refractivity contribution in [1.29, 1.82) is 0 Å². The van der Waals surface area contributed by atoms with Crippen LogP contribution in [0.2, 0.25) is 0 Å². The molecule has 1 aromatic carbocycles. The molecule has 1 amide bonds. The lowest BCUT2D eigenvalue weighted by molar-refractivity contribution is -0.117. The van der Waals surface area contributed by atoms with E-state index in [4.69, 9.17) is 4.74 Å². The quantitative estimate of drug-likeness (QED) is 0.261. The molecule has 6 heterocycles. The Kier molecular flexibility index (Phi) is 7.82. The summed E-state index contributed by atoms with van der Waals surface area (Å²) in [7, 11) is 0. The van der Waals surface area contributed by atoms with Gasteiger partial charge >= 0.3 is 0 Å². The van der Waals surface area contributed by atoms with Crippen LogP contribution in [-0.2, 0) is 16.1 Å². The number of benzene rings is 1. The van der Waals surface area contributed by atoms with Gasteiger partial charge in [-0.15, -0.1) is 5.10 Å². The van der Waals surface area contributed by atoms with E-state index < -0.39 is 0 Å². The molecule has 7 rings (SSSR count). The number of likely N-dealkylation sites (tertiary alicyclic amines) is 1. The minimum Gasteiger partial charge on any atom is -0.378 e. The van der Waals surface area contributed by atoms with Gasteiger partial charge in [0.05, 0.1) is 36.2 Å². The zero-order valence-corrected chi connectivity index (χ0v) is 24.4. The maximum absolute atomic E-state index is 11.7. The Balaban J connectivity index is 1.04. The number of fused-ring (bicyclic) bond motifs is 1. The summed E-state index contributed by atoms with van der Waals surface area (Å²) in [5, 5.41) is 12.8. The van der Waals surface area contributed by atoms with Crippen molar-refractivity contribution in [1.82, 2.24) is 45.1 Å². The predicted octanol–water partition coefficient (Wildman–Crippen LogP) is 3.37. The number of ether oxygens (including phenoxy) is 1. The molecule has 0 unspecified atom stereocenters.